The summed E-state index contributed by atoms with van der Waals surface area (Å²) < 4.78 is 15.3. The van der Waals surface area contributed by atoms with E-state index < -0.39 is 0 Å². The van der Waals surface area contributed by atoms with Crippen LogP contribution < -0.4 is 5.32 Å². The van der Waals surface area contributed by atoms with Crippen LogP contribution in [-0.4, -0.2) is 9.78 Å². The van der Waals surface area contributed by atoms with Gasteiger partial charge in [-0.15, -0.1) is 0 Å². The second-order valence-corrected chi connectivity index (χ2v) is 4.31. The lowest BCUT2D eigenvalue weighted by molar-refractivity contribution is 0.622. The quantitative estimate of drug-likeness (QED) is 0.909. The van der Waals surface area contributed by atoms with Crippen LogP contribution in [0.1, 0.15) is 18.7 Å². The van der Waals surface area contributed by atoms with Crippen molar-refractivity contribution in [2.45, 2.75) is 13.0 Å². The summed E-state index contributed by atoms with van der Waals surface area (Å²) in [5.74, 6) is -0.316. The zero-order valence-corrected chi connectivity index (χ0v) is 10.4. The van der Waals surface area contributed by atoms with E-state index in [1.165, 1.54) is 12.1 Å². The van der Waals surface area contributed by atoms with Crippen molar-refractivity contribution in [1.82, 2.24) is 9.78 Å². The van der Waals surface area contributed by atoms with Gasteiger partial charge in [0, 0.05) is 18.3 Å². The molecule has 0 fully saturated rings. The van der Waals surface area contributed by atoms with Crippen LogP contribution in [0, 0.1) is 5.82 Å². The number of halogens is 2. The maximum Gasteiger partial charge on any atom is 0.146 e. The predicted molar refractivity (Wildman–Crippen MR) is 66.7 cm³/mol. The van der Waals surface area contributed by atoms with E-state index in [0.29, 0.717) is 10.7 Å². The number of anilines is 1. The molecule has 1 aromatic heterocycles. The summed E-state index contributed by atoms with van der Waals surface area (Å²) >= 11 is 5.83. The van der Waals surface area contributed by atoms with Gasteiger partial charge in [0.2, 0.25) is 0 Å². The lowest BCUT2D eigenvalue weighted by atomic mass is 10.2. The summed E-state index contributed by atoms with van der Waals surface area (Å²) in [6, 6.07) is 6.29. The third kappa shape index (κ3) is 2.58. The van der Waals surface area contributed by atoms with Crippen LogP contribution in [-0.2, 0) is 7.05 Å². The van der Waals surface area contributed by atoms with Crippen molar-refractivity contribution in [3.05, 3.63) is 47.0 Å². The largest absolute Gasteiger partial charge is 0.375 e. The summed E-state index contributed by atoms with van der Waals surface area (Å²) in [5.41, 5.74) is 1.37. The van der Waals surface area contributed by atoms with Crippen molar-refractivity contribution in [2.75, 3.05) is 5.32 Å². The highest BCUT2D eigenvalue weighted by molar-refractivity contribution is 6.30. The molecule has 0 saturated heterocycles. The van der Waals surface area contributed by atoms with Crippen LogP contribution >= 0.6 is 11.6 Å². The number of nitrogens with one attached hydrogen (secondary N) is 1. The van der Waals surface area contributed by atoms with Gasteiger partial charge in [-0.3, -0.25) is 4.68 Å². The van der Waals surface area contributed by atoms with E-state index in [1.54, 1.807) is 16.9 Å². The van der Waals surface area contributed by atoms with Crippen molar-refractivity contribution < 1.29 is 4.39 Å². The average Bonchev–Trinajstić information content (AvgIpc) is 2.70. The molecule has 0 spiro atoms. The van der Waals surface area contributed by atoms with Crippen molar-refractivity contribution in [2.24, 2.45) is 7.05 Å². The molecule has 3 nitrogen and oxygen atoms in total. The molecule has 0 aliphatic rings. The minimum absolute atomic E-state index is 0.0459. The van der Waals surface area contributed by atoms with Gasteiger partial charge in [-0.25, -0.2) is 4.39 Å². The van der Waals surface area contributed by atoms with Crippen LogP contribution in [0.5, 0.6) is 0 Å². The summed E-state index contributed by atoms with van der Waals surface area (Å²) in [7, 11) is 1.85. The van der Waals surface area contributed by atoms with Gasteiger partial charge in [-0.2, -0.15) is 5.10 Å². The first-order valence-corrected chi connectivity index (χ1v) is 5.65. The molecule has 5 heteroatoms. The molecule has 1 atom stereocenters. The molecule has 0 radical (unpaired) electrons. The maximum atomic E-state index is 13.5. The molecular weight excluding hydrogens is 241 g/mol. The molecule has 17 heavy (non-hydrogen) atoms. The van der Waals surface area contributed by atoms with E-state index in [0.717, 1.165) is 5.69 Å². The first-order chi connectivity index (χ1) is 8.08. The number of aromatic nitrogens is 2. The number of benzene rings is 1. The lowest BCUT2D eigenvalue weighted by Crippen LogP contribution is -2.12. The Kier molecular flexibility index (Phi) is 3.33. The zero-order chi connectivity index (χ0) is 12.4. The monoisotopic (exact) mass is 253 g/mol. The van der Waals surface area contributed by atoms with Crippen molar-refractivity contribution in [3.8, 4) is 0 Å². The standard InChI is InChI=1S/C12H13ClFN3/c1-8(12-5-6-15-17(12)2)16-11-7-9(13)3-4-10(11)14/h3-8,16H,1-2H3. The van der Waals surface area contributed by atoms with Crippen molar-refractivity contribution >= 4 is 17.3 Å². The molecule has 1 unspecified atom stereocenters. The third-order valence-electron chi connectivity index (χ3n) is 2.60. The van der Waals surface area contributed by atoms with Gasteiger partial charge in [0.05, 0.1) is 17.4 Å². The smallest absolute Gasteiger partial charge is 0.146 e. The molecular formula is C12H13ClFN3. The van der Waals surface area contributed by atoms with Crippen LogP contribution in [0.4, 0.5) is 10.1 Å². The van der Waals surface area contributed by atoms with Gasteiger partial charge >= 0.3 is 0 Å². The Labute approximate surface area is 104 Å². The molecule has 0 bridgehead atoms. The van der Waals surface area contributed by atoms with E-state index >= 15 is 0 Å². The highest BCUT2D eigenvalue weighted by atomic mass is 35.5. The SMILES string of the molecule is CC(Nc1cc(Cl)ccc1F)c1ccnn1C. The Morgan fingerprint density at radius 3 is 2.82 bits per heavy atom. The van der Waals surface area contributed by atoms with Gasteiger partial charge in [0.25, 0.3) is 0 Å². The normalized spacial score (nSPS) is 12.5. The fourth-order valence-electron chi connectivity index (χ4n) is 1.72. The minimum atomic E-state index is -0.316. The van der Waals surface area contributed by atoms with Gasteiger partial charge in [0.15, 0.2) is 0 Å². The Balaban J connectivity index is 2.21. The summed E-state index contributed by atoms with van der Waals surface area (Å²) in [6.45, 7) is 1.94. The second-order valence-electron chi connectivity index (χ2n) is 3.87. The molecule has 2 rings (SSSR count). The maximum absolute atomic E-state index is 13.5. The van der Waals surface area contributed by atoms with Gasteiger partial charge in [0.1, 0.15) is 5.82 Å². The Bertz CT molecular complexity index is 524. The number of rotatable bonds is 3. The van der Waals surface area contributed by atoms with Gasteiger partial charge < -0.3 is 5.32 Å². The fraction of sp³-hybridized carbons (Fsp3) is 0.250. The molecule has 1 N–H and O–H groups in total. The molecule has 1 heterocycles. The lowest BCUT2D eigenvalue weighted by Gasteiger charge is -2.16. The van der Waals surface area contributed by atoms with Gasteiger partial charge in [-0.1, -0.05) is 11.6 Å². The van der Waals surface area contributed by atoms with E-state index in [2.05, 4.69) is 10.4 Å². The number of hydrogen-bond donors (Lipinski definition) is 1. The molecule has 0 saturated carbocycles. The molecule has 0 amide bonds. The Hall–Kier alpha value is -1.55. The third-order valence-corrected chi connectivity index (χ3v) is 2.84. The summed E-state index contributed by atoms with van der Waals surface area (Å²) in [4.78, 5) is 0. The highest BCUT2D eigenvalue weighted by Crippen LogP contribution is 2.24. The molecule has 2 aromatic rings. The van der Waals surface area contributed by atoms with Gasteiger partial charge in [-0.05, 0) is 31.2 Å². The van der Waals surface area contributed by atoms with E-state index in [-0.39, 0.29) is 11.9 Å². The minimum Gasteiger partial charge on any atom is -0.375 e. The number of hydrogen-bond acceptors (Lipinski definition) is 2. The second kappa shape index (κ2) is 4.75. The van der Waals surface area contributed by atoms with Crippen LogP contribution in [0.2, 0.25) is 5.02 Å². The van der Waals surface area contributed by atoms with Crippen LogP contribution in [0.15, 0.2) is 30.5 Å². The molecule has 0 aliphatic heterocycles. The van der Waals surface area contributed by atoms with Crippen molar-refractivity contribution in [3.63, 3.8) is 0 Å². The zero-order valence-electron chi connectivity index (χ0n) is 9.61. The Morgan fingerprint density at radius 2 is 2.18 bits per heavy atom. The number of aryl methyl sites for hydroxylation is 1. The molecule has 1 aromatic carbocycles. The molecule has 90 valence electrons. The van der Waals surface area contributed by atoms with E-state index in [4.69, 9.17) is 11.6 Å². The first kappa shape index (κ1) is 11.9. The predicted octanol–water partition coefficient (Wildman–Crippen LogP) is 3.39. The molecule has 0 aliphatic carbocycles. The average molecular weight is 254 g/mol. The first-order valence-electron chi connectivity index (χ1n) is 5.27. The fourth-order valence-corrected chi connectivity index (χ4v) is 1.90. The highest BCUT2D eigenvalue weighted by Gasteiger charge is 2.11. The van der Waals surface area contributed by atoms with E-state index in [1.807, 2.05) is 20.0 Å². The Morgan fingerprint density at radius 1 is 1.41 bits per heavy atom. The van der Waals surface area contributed by atoms with Crippen LogP contribution in [0.25, 0.3) is 0 Å². The van der Waals surface area contributed by atoms with Crippen LogP contribution in [0.3, 0.4) is 0 Å². The number of nitrogens with zero attached hydrogens (tertiary/aromatic N) is 2. The summed E-state index contributed by atoms with van der Waals surface area (Å²) in [5, 5.41) is 7.66. The summed E-state index contributed by atoms with van der Waals surface area (Å²) in [6.07, 6.45) is 1.71. The van der Waals surface area contributed by atoms with E-state index in [9.17, 15) is 4.39 Å². The van der Waals surface area contributed by atoms with Crippen molar-refractivity contribution in [1.29, 1.82) is 0 Å². The topological polar surface area (TPSA) is 29.9 Å².